The van der Waals surface area contributed by atoms with Crippen LogP contribution in [0.5, 0.6) is 0 Å². The van der Waals surface area contributed by atoms with Crippen molar-refractivity contribution in [3.63, 3.8) is 0 Å². The molecule has 13 heavy (non-hydrogen) atoms. The summed E-state index contributed by atoms with van der Waals surface area (Å²) in [6, 6.07) is 7.96. The van der Waals surface area contributed by atoms with Gasteiger partial charge in [-0.25, -0.2) is 0 Å². The molecule has 0 spiro atoms. The molecule has 0 aliphatic heterocycles. The Balaban J connectivity index is 2.72. The number of hydrogen-bond donors (Lipinski definition) is 1. The second-order valence-corrected chi connectivity index (χ2v) is 3.24. The monoisotopic (exact) mass is 193 g/mol. The van der Waals surface area contributed by atoms with Crippen LogP contribution in [-0.2, 0) is 0 Å². The lowest BCUT2D eigenvalue weighted by molar-refractivity contribution is 0.623. The van der Waals surface area contributed by atoms with Crippen LogP contribution in [0.2, 0.25) is 5.02 Å². The molecule has 1 nitrogen and oxygen atoms in total. The SMILES string of the molecule is C#CCN[C@@H](C)c1ccccc1Cl. The van der Waals surface area contributed by atoms with Crippen LogP contribution in [0.25, 0.3) is 0 Å². The highest BCUT2D eigenvalue weighted by molar-refractivity contribution is 6.31. The molecule has 1 N–H and O–H groups in total. The Hall–Kier alpha value is -0.970. The fraction of sp³-hybridized carbons (Fsp3) is 0.273. The second-order valence-electron chi connectivity index (χ2n) is 2.83. The van der Waals surface area contributed by atoms with E-state index in [1.165, 1.54) is 0 Å². The largest absolute Gasteiger partial charge is 0.300 e. The van der Waals surface area contributed by atoms with Gasteiger partial charge >= 0.3 is 0 Å². The predicted octanol–water partition coefficient (Wildman–Crippen LogP) is 2.62. The second kappa shape index (κ2) is 4.91. The van der Waals surface area contributed by atoms with Crippen LogP contribution in [-0.4, -0.2) is 6.54 Å². The zero-order valence-corrected chi connectivity index (χ0v) is 8.31. The number of halogens is 1. The minimum absolute atomic E-state index is 0.199. The minimum atomic E-state index is 0.199. The van der Waals surface area contributed by atoms with Gasteiger partial charge < -0.3 is 0 Å². The van der Waals surface area contributed by atoms with Crippen molar-refractivity contribution >= 4 is 11.6 Å². The van der Waals surface area contributed by atoms with Crippen molar-refractivity contribution in [3.05, 3.63) is 34.9 Å². The molecule has 0 heterocycles. The average molecular weight is 194 g/mol. The van der Waals surface area contributed by atoms with Gasteiger partial charge in [0.2, 0.25) is 0 Å². The normalized spacial score (nSPS) is 12.1. The third-order valence-electron chi connectivity index (χ3n) is 1.88. The third-order valence-corrected chi connectivity index (χ3v) is 2.23. The molecule has 0 radical (unpaired) electrons. The highest BCUT2D eigenvalue weighted by Crippen LogP contribution is 2.21. The summed E-state index contributed by atoms with van der Waals surface area (Å²) in [6.45, 7) is 2.60. The number of rotatable bonds is 3. The first kappa shape index (κ1) is 10.1. The molecular weight excluding hydrogens is 182 g/mol. The maximum Gasteiger partial charge on any atom is 0.0578 e. The molecule has 0 aliphatic rings. The maximum atomic E-state index is 6.01. The summed E-state index contributed by atoms with van der Waals surface area (Å²) < 4.78 is 0. The Morgan fingerprint density at radius 2 is 2.23 bits per heavy atom. The van der Waals surface area contributed by atoms with Crippen LogP contribution in [0.3, 0.4) is 0 Å². The molecule has 68 valence electrons. The van der Waals surface area contributed by atoms with Crippen LogP contribution >= 0.6 is 11.6 Å². The Morgan fingerprint density at radius 3 is 2.85 bits per heavy atom. The third kappa shape index (κ3) is 2.77. The summed E-state index contributed by atoms with van der Waals surface area (Å²) in [5, 5.41) is 3.95. The van der Waals surface area contributed by atoms with Gasteiger partial charge in [0.15, 0.2) is 0 Å². The van der Waals surface area contributed by atoms with E-state index in [2.05, 4.69) is 11.2 Å². The standard InChI is InChI=1S/C11H12ClN/c1-3-8-13-9(2)10-6-4-5-7-11(10)12/h1,4-7,9,13H,8H2,2H3/t9-/m0/s1. The molecular formula is C11H12ClN. The van der Waals surface area contributed by atoms with Gasteiger partial charge in [0.25, 0.3) is 0 Å². The molecule has 2 heteroatoms. The van der Waals surface area contributed by atoms with E-state index in [0.717, 1.165) is 10.6 Å². The molecule has 1 rings (SSSR count). The number of nitrogens with one attached hydrogen (secondary N) is 1. The van der Waals surface area contributed by atoms with Gasteiger partial charge in [-0.3, -0.25) is 5.32 Å². The Labute approximate surface area is 84.1 Å². The van der Waals surface area contributed by atoms with Gasteiger partial charge in [-0.05, 0) is 18.6 Å². The first-order valence-corrected chi connectivity index (χ1v) is 4.54. The maximum absolute atomic E-state index is 6.01. The van der Waals surface area contributed by atoms with E-state index in [9.17, 15) is 0 Å². The molecule has 0 saturated carbocycles. The molecule has 0 saturated heterocycles. The van der Waals surface area contributed by atoms with Gasteiger partial charge in [-0.2, -0.15) is 0 Å². The van der Waals surface area contributed by atoms with Gasteiger partial charge in [0.05, 0.1) is 6.54 Å². The van der Waals surface area contributed by atoms with Crippen LogP contribution in [0.15, 0.2) is 24.3 Å². The van der Waals surface area contributed by atoms with E-state index in [4.69, 9.17) is 18.0 Å². The van der Waals surface area contributed by atoms with E-state index in [1.54, 1.807) is 0 Å². The van der Waals surface area contributed by atoms with E-state index in [0.29, 0.717) is 6.54 Å². The highest BCUT2D eigenvalue weighted by Gasteiger charge is 2.06. The number of terminal acetylenes is 1. The van der Waals surface area contributed by atoms with Crippen molar-refractivity contribution < 1.29 is 0 Å². The summed E-state index contributed by atoms with van der Waals surface area (Å²) in [5.41, 5.74) is 1.08. The van der Waals surface area contributed by atoms with Gasteiger partial charge in [-0.15, -0.1) is 6.42 Å². The predicted molar refractivity (Wildman–Crippen MR) is 56.7 cm³/mol. The zero-order valence-electron chi connectivity index (χ0n) is 7.55. The minimum Gasteiger partial charge on any atom is -0.300 e. The van der Waals surface area contributed by atoms with Crippen molar-refractivity contribution in [2.75, 3.05) is 6.54 Å². The zero-order chi connectivity index (χ0) is 9.68. The van der Waals surface area contributed by atoms with Crippen LogP contribution < -0.4 is 5.32 Å². The van der Waals surface area contributed by atoms with E-state index in [-0.39, 0.29) is 6.04 Å². The summed E-state index contributed by atoms with van der Waals surface area (Å²) in [7, 11) is 0. The lowest BCUT2D eigenvalue weighted by atomic mass is 10.1. The molecule has 0 unspecified atom stereocenters. The molecule has 0 bridgehead atoms. The molecule has 0 aliphatic carbocycles. The first-order valence-electron chi connectivity index (χ1n) is 4.17. The Kier molecular flexibility index (Phi) is 3.82. The van der Waals surface area contributed by atoms with Crippen LogP contribution in [0, 0.1) is 12.3 Å². The molecule has 0 amide bonds. The lowest BCUT2D eigenvalue weighted by Gasteiger charge is -2.13. The fourth-order valence-corrected chi connectivity index (χ4v) is 1.45. The van der Waals surface area contributed by atoms with E-state index in [1.807, 2.05) is 31.2 Å². The fourth-order valence-electron chi connectivity index (χ4n) is 1.15. The Morgan fingerprint density at radius 1 is 1.54 bits per heavy atom. The van der Waals surface area contributed by atoms with Crippen molar-refractivity contribution in [2.24, 2.45) is 0 Å². The highest BCUT2D eigenvalue weighted by atomic mass is 35.5. The number of benzene rings is 1. The first-order chi connectivity index (χ1) is 6.25. The Bertz CT molecular complexity index is 314. The van der Waals surface area contributed by atoms with Crippen LogP contribution in [0.1, 0.15) is 18.5 Å². The summed E-state index contributed by atoms with van der Waals surface area (Å²) in [5.74, 6) is 2.53. The lowest BCUT2D eigenvalue weighted by Crippen LogP contribution is -2.18. The molecule has 1 aromatic carbocycles. The van der Waals surface area contributed by atoms with Gasteiger partial charge in [0, 0.05) is 11.1 Å². The summed E-state index contributed by atoms with van der Waals surface area (Å²) >= 11 is 6.01. The molecule has 0 fully saturated rings. The topological polar surface area (TPSA) is 12.0 Å². The van der Waals surface area contributed by atoms with E-state index < -0.39 is 0 Å². The van der Waals surface area contributed by atoms with Crippen molar-refractivity contribution in [1.82, 2.24) is 5.32 Å². The number of hydrogen-bond acceptors (Lipinski definition) is 1. The van der Waals surface area contributed by atoms with Gasteiger partial charge in [0.1, 0.15) is 0 Å². The molecule has 1 atom stereocenters. The van der Waals surface area contributed by atoms with Crippen molar-refractivity contribution in [1.29, 1.82) is 0 Å². The quantitative estimate of drug-likeness (QED) is 0.728. The smallest absolute Gasteiger partial charge is 0.0578 e. The van der Waals surface area contributed by atoms with Crippen molar-refractivity contribution in [3.8, 4) is 12.3 Å². The molecule has 0 aromatic heterocycles. The summed E-state index contributed by atoms with van der Waals surface area (Å²) in [6.07, 6.45) is 5.15. The van der Waals surface area contributed by atoms with Gasteiger partial charge in [-0.1, -0.05) is 35.7 Å². The average Bonchev–Trinajstić information content (AvgIpc) is 2.15. The summed E-state index contributed by atoms with van der Waals surface area (Å²) in [4.78, 5) is 0. The van der Waals surface area contributed by atoms with Crippen molar-refractivity contribution in [2.45, 2.75) is 13.0 Å². The molecule has 1 aromatic rings. The van der Waals surface area contributed by atoms with Crippen LogP contribution in [0.4, 0.5) is 0 Å². The van der Waals surface area contributed by atoms with E-state index >= 15 is 0 Å².